The fourth-order valence-electron chi connectivity index (χ4n) is 1.60. The molecule has 8 heteroatoms. The highest BCUT2D eigenvalue weighted by molar-refractivity contribution is 9.10. The number of primary sulfonamides is 1. The van der Waals surface area contributed by atoms with E-state index in [0.29, 0.717) is 10.2 Å². The van der Waals surface area contributed by atoms with Crippen LogP contribution in [0.4, 0.5) is 21.5 Å². The van der Waals surface area contributed by atoms with Gasteiger partial charge in [-0.25, -0.2) is 17.9 Å². The summed E-state index contributed by atoms with van der Waals surface area (Å²) >= 11 is 3.15. The predicted molar refractivity (Wildman–Crippen MR) is 79.6 cm³/mol. The molecule has 0 saturated carbocycles. The third-order valence-electron chi connectivity index (χ3n) is 2.47. The third kappa shape index (κ3) is 3.47. The van der Waals surface area contributed by atoms with Crippen LogP contribution in [0, 0.1) is 5.82 Å². The number of benzene rings is 2. The molecular weight excluding hydrogens is 349 g/mol. The lowest BCUT2D eigenvalue weighted by molar-refractivity contribution is 0.598. The van der Waals surface area contributed by atoms with E-state index in [2.05, 4.69) is 21.2 Å². The first-order valence-corrected chi connectivity index (χ1v) is 7.75. The van der Waals surface area contributed by atoms with Crippen LogP contribution < -0.4 is 16.2 Å². The lowest BCUT2D eigenvalue weighted by Crippen LogP contribution is -2.12. The molecular formula is C12H11BrFN3O2S. The van der Waals surface area contributed by atoms with E-state index in [1.807, 2.05) is 0 Å². The van der Waals surface area contributed by atoms with E-state index in [1.165, 1.54) is 30.3 Å². The number of hydrogen-bond acceptors (Lipinski definition) is 4. The van der Waals surface area contributed by atoms with Crippen molar-refractivity contribution in [3.8, 4) is 0 Å². The van der Waals surface area contributed by atoms with Gasteiger partial charge in [-0.15, -0.1) is 0 Å². The summed E-state index contributed by atoms with van der Waals surface area (Å²) < 4.78 is 36.9. The van der Waals surface area contributed by atoms with Gasteiger partial charge in [0.1, 0.15) is 5.82 Å². The molecule has 0 aliphatic rings. The van der Waals surface area contributed by atoms with E-state index in [9.17, 15) is 12.8 Å². The maximum Gasteiger partial charge on any atom is 0.238 e. The van der Waals surface area contributed by atoms with E-state index in [0.717, 1.165) is 0 Å². The average molecular weight is 360 g/mol. The average Bonchev–Trinajstić information content (AvgIpc) is 2.31. The van der Waals surface area contributed by atoms with Gasteiger partial charge in [0, 0.05) is 15.8 Å². The van der Waals surface area contributed by atoms with Crippen molar-refractivity contribution in [2.24, 2.45) is 5.14 Å². The number of anilines is 3. The Morgan fingerprint density at radius 3 is 2.45 bits per heavy atom. The molecule has 0 aliphatic heterocycles. The van der Waals surface area contributed by atoms with Crippen LogP contribution >= 0.6 is 15.9 Å². The van der Waals surface area contributed by atoms with Crippen LogP contribution in [0.25, 0.3) is 0 Å². The van der Waals surface area contributed by atoms with E-state index >= 15 is 0 Å². The molecule has 0 heterocycles. The summed E-state index contributed by atoms with van der Waals surface area (Å²) in [5.41, 5.74) is 6.34. The van der Waals surface area contributed by atoms with Gasteiger partial charge >= 0.3 is 0 Å². The van der Waals surface area contributed by atoms with Gasteiger partial charge in [-0.05, 0) is 36.4 Å². The van der Waals surface area contributed by atoms with Crippen LogP contribution in [0.15, 0.2) is 45.8 Å². The fraction of sp³-hybridized carbons (Fsp3) is 0. The molecule has 20 heavy (non-hydrogen) atoms. The quantitative estimate of drug-likeness (QED) is 0.733. The van der Waals surface area contributed by atoms with E-state index in [1.54, 1.807) is 6.07 Å². The summed E-state index contributed by atoms with van der Waals surface area (Å²) in [6, 6.07) is 8.45. The number of nitrogen functional groups attached to an aromatic ring is 1. The van der Waals surface area contributed by atoms with Gasteiger partial charge in [0.15, 0.2) is 0 Å². The van der Waals surface area contributed by atoms with Crippen molar-refractivity contribution in [2.45, 2.75) is 4.90 Å². The van der Waals surface area contributed by atoms with Gasteiger partial charge in [0.05, 0.1) is 10.6 Å². The van der Waals surface area contributed by atoms with Crippen LogP contribution in [-0.4, -0.2) is 8.42 Å². The van der Waals surface area contributed by atoms with Crippen molar-refractivity contribution >= 4 is 43.0 Å². The molecule has 0 unspecified atom stereocenters. The topological polar surface area (TPSA) is 98.2 Å². The zero-order valence-electron chi connectivity index (χ0n) is 10.1. The second-order valence-electron chi connectivity index (χ2n) is 4.08. The molecule has 5 N–H and O–H groups in total. The number of halogens is 2. The maximum atomic E-state index is 13.7. The van der Waals surface area contributed by atoms with Crippen LogP contribution in [0.1, 0.15) is 0 Å². The number of rotatable bonds is 3. The molecule has 2 rings (SSSR count). The van der Waals surface area contributed by atoms with Gasteiger partial charge in [0.25, 0.3) is 0 Å². The van der Waals surface area contributed by atoms with Gasteiger partial charge in [0.2, 0.25) is 10.0 Å². The highest BCUT2D eigenvalue weighted by Gasteiger charge is 2.11. The highest BCUT2D eigenvalue weighted by atomic mass is 79.9. The van der Waals surface area contributed by atoms with Crippen molar-refractivity contribution in [3.63, 3.8) is 0 Å². The van der Waals surface area contributed by atoms with Crippen molar-refractivity contribution < 1.29 is 12.8 Å². The minimum Gasteiger partial charge on any atom is -0.399 e. The van der Waals surface area contributed by atoms with Crippen LogP contribution in [0.3, 0.4) is 0 Å². The van der Waals surface area contributed by atoms with Gasteiger partial charge in [-0.1, -0.05) is 15.9 Å². The zero-order valence-corrected chi connectivity index (χ0v) is 12.5. The highest BCUT2D eigenvalue weighted by Crippen LogP contribution is 2.26. The summed E-state index contributed by atoms with van der Waals surface area (Å²) in [5.74, 6) is -0.487. The van der Waals surface area contributed by atoms with Crippen molar-refractivity contribution in [2.75, 3.05) is 11.1 Å². The summed E-state index contributed by atoms with van der Waals surface area (Å²) in [5, 5.41) is 7.80. The third-order valence-corrected chi connectivity index (χ3v) is 3.85. The maximum absolute atomic E-state index is 13.7. The SMILES string of the molecule is Nc1cc(Nc2ccc(Br)cc2F)cc(S(N)(=O)=O)c1. The number of nitrogens with one attached hydrogen (secondary N) is 1. The summed E-state index contributed by atoms with van der Waals surface area (Å²) in [6.45, 7) is 0. The lowest BCUT2D eigenvalue weighted by atomic mass is 10.2. The Labute approximate surface area is 124 Å². The van der Waals surface area contributed by atoms with E-state index in [4.69, 9.17) is 10.9 Å². The first kappa shape index (κ1) is 14.8. The molecule has 0 spiro atoms. The van der Waals surface area contributed by atoms with Crippen LogP contribution in [0.2, 0.25) is 0 Å². The molecule has 0 atom stereocenters. The standard InChI is InChI=1S/C12H11BrFN3O2S/c13-7-1-2-12(11(14)3-7)17-9-4-8(15)5-10(6-9)20(16,18)19/h1-6,17H,15H2,(H2,16,18,19). The second kappa shape index (κ2) is 5.39. The lowest BCUT2D eigenvalue weighted by Gasteiger charge is -2.10. The first-order valence-electron chi connectivity index (χ1n) is 5.41. The second-order valence-corrected chi connectivity index (χ2v) is 6.56. The predicted octanol–water partition coefficient (Wildman–Crippen LogP) is 2.56. The Bertz CT molecular complexity index is 765. The minimum absolute atomic E-state index is 0.141. The number of sulfonamides is 1. The monoisotopic (exact) mass is 359 g/mol. The van der Waals surface area contributed by atoms with E-state index < -0.39 is 15.8 Å². The Morgan fingerprint density at radius 1 is 1.15 bits per heavy atom. The molecule has 2 aromatic carbocycles. The summed E-state index contributed by atoms with van der Waals surface area (Å²) in [7, 11) is -3.88. The van der Waals surface area contributed by atoms with Gasteiger partial charge < -0.3 is 11.1 Å². The molecule has 2 aromatic rings. The smallest absolute Gasteiger partial charge is 0.238 e. The molecule has 0 aromatic heterocycles. The molecule has 5 nitrogen and oxygen atoms in total. The van der Waals surface area contributed by atoms with Crippen LogP contribution in [-0.2, 0) is 10.0 Å². The molecule has 0 bridgehead atoms. The fourth-order valence-corrected chi connectivity index (χ4v) is 2.53. The van der Waals surface area contributed by atoms with Crippen molar-refractivity contribution in [1.82, 2.24) is 0 Å². The number of hydrogen-bond donors (Lipinski definition) is 3. The molecule has 0 saturated heterocycles. The van der Waals surface area contributed by atoms with Crippen molar-refractivity contribution in [1.29, 1.82) is 0 Å². The molecule has 106 valence electrons. The van der Waals surface area contributed by atoms with Crippen molar-refractivity contribution in [3.05, 3.63) is 46.7 Å². The Hall–Kier alpha value is -1.64. The van der Waals surface area contributed by atoms with Gasteiger partial charge in [-0.3, -0.25) is 0 Å². The first-order chi connectivity index (χ1) is 9.25. The summed E-state index contributed by atoms with van der Waals surface area (Å²) in [6.07, 6.45) is 0. The molecule has 0 amide bonds. The zero-order chi connectivity index (χ0) is 14.9. The van der Waals surface area contributed by atoms with Gasteiger partial charge in [-0.2, -0.15) is 0 Å². The molecule has 0 fully saturated rings. The minimum atomic E-state index is -3.88. The molecule has 0 radical (unpaired) electrons. The largest absolute Gasteiger partial charge is 0.399 e. The Morgan fingerprint density at radius 2 is 1.85 bits per heavy atom. The normalized spacial score (nSPS) is 11.3. The Balaban J connectivity index is 2.41. The van der Waals surface area contributed by atoms with E-state index in [-0.39, 0.29) is 16.3 Å². The Kier molecular flexibility index (Phi) is 3.98. The molecule has 0 aliphatic carbocycles. The summed E-state index contributed by atoms with van der Waals surface area (Å²) in [4.78, 5) is -0.141. The van der Waals surface area contributed by atoms with Crippen LogP contribution in [0.5, 0.6) is 0 Å². The number of nitrogens with two attached hydrogens (primary N) is 2.